The van der Waals surface area contributed by atoms with Crippen LogP contribution in [0.5, 0.6) is 5.75 Å². The Hall–Kier alpha value is -2.93. The molecule has 0 radical (unpaired) electrons. The Labute approximate surface area is 147 Å². The number of ether oxygens (including phenoxy) is 1. The van der Waals surface area contributed by atoms with Gasteiger partial charge in [0.25, 0.3) is 0 Å². The van der Waals surface area contributed by atoms with Gasteiger partial charge >= 0.3 is 6.09 Å². The average Bonchev–Trinajstić information content (AvgIpc) is 2.60. The van der Waals surface area contributed by atoms with E-state index in [-0.39, 0.29) is 16.3 Å². The molecule has 0 bridgehead atoms. The van der Waals surface area contributed by atoms with Crippen LogP contribution in [0.1, 0.15) is 5.56 Å². The number of halogens is 2. The van der Waals surface area contributed by atoms with Crippen molar-refractivity contribution in [3.63, 3.8) is 0 Å². The van der Waals surface area contributed by atoms with Gasteiger partial charge in [0, 0.05) is 41.5 Å². The number of hydrogen-bond donors (Lipinski definition) is 2. The molecule has 1 amide bonds. The third kappa shape index (κ3) is 3.06. The zero-order valence-electron chi connectivity index (χ0n) is 13.4. The molecule has 0 aliphatic carbocycles. The monoisotopic (exact) mass is 360 g/mol. The summed E-state index contributed by atoms with van der Waals surface area (Å²) >= 11 is 6.16. The van der Waals surface area contributed by atoms with E-state index in [0.29, 0.717) is 27.7 Å². The van der Waals surface area contributed by atoms with E-state index in [1.54, 1.807) is 19.1 Å². The molecule has 1 aromatic carbocycles. The van der Waals surface area contributed by atoms with Crippen molar-refractivity contribution in [3.8, 4) is 16.9 Å². The number of rotatable bonds is 2. The summed E-state index contributed by atoms with van der Waals surface area (Å²) in [5, 5.41) is 3.39. The minimum Gasteiger partial charge on any atom is -0.408 e. The molecule has 128 valence electrons. The first-order valence-electron chi connectivity index (χ1n) is 7.30. The number of nitrogens with one attached hydrogen (secondary N) is 1. The molecule has 3 aromatic rings. The number of aromatic nitrogens is 2. The van der Waals surface area contributed by atoms with Gasteiger partial charge in [-0.1, -0.05) is 11.6 Å². The van der Waals surface area contributed by atoms with Gasteiger partial charge in [-0.3, -0.25) is 4.98 Å². The third-order valence-electron chi connectivity index (χ3n) is 3.79. The molecule has 0 saturated carbocycles. The maximum atomic E-state index is 14.8. The van der Waals surface area contributed by atoms with Crippen LogP contribution in [0, 0.1) is 12.7 Å². The quantitative estimate of drug-likeness (QED) is 0.727. The molecule has 2 heterocycles. The van der Waals surface area contributed by atoms with Gasteiger partial charge in [0.05, 0.1) is 11.2 Å². The summed E-state index contributed by atoms with van der Waals surface area (Å²) in [6, 6.07) is 3.22. The number of carbonyl (C=O) groups excluding carboxylic acids is 1. The lowest BCUT2D eigenvalue weighted by atomic mass is 9.99. The van der Waals surface area contributed by atoms with E-state index in [0.717, 1.165) is 0 Å². The summed E-state index contributed by atoms with van der Waals surface area (Å²) in [4.78, 5) is 19.4. The lowest BCUT2D eigenvalue weighted by molar-refractivity contribution is 0.202. The van der Waals surface area contributed by atoms with Gasteiger partial charge in [0.1, 0.15) is 11.6 Å². The third-order valence-corrected chi connectivity index (χ3v) is 4.16. The first-order valence-corrected chi connectivity index (χ1v) is 7.68. The molecule has 2 aromatic heterocycles. The molecule has 3 N–H and O–H groups in total. The number of hydrogen-bond acceptors (Lipinski definition) is 5. The van der Waals surface area contributed by atoms with Crippen molar-refractivity contribution in [2.75, 3.05) is 12.8 Å². The molecule has 8 heteroatoms. The van der Waals surface area contributed by atoms with Gasteiger partial charge in [-0.2, -0.15) is 0 Å². The van der Waals surface area contributed by atoms with Crippen LogP contribution in [0.2, 0.25) is 5.02 Å². The zero-order chi connectivity index (χ0) is 18.1. The van der Waals surface area contributed by atoms with Gasteiger partial charge in [0.2, 0.25) is 0 Å². The van der Waals surface area contributed by atoms with Crippen molar-refractivity contribution in [1.29, 1.82) is 0 Å². The number of amides is 1. The van der Waals surface area contributed by atoms with E-state index in [1.165, 1.54) is 25.6 Å². The van der Waals surface area contributed by atoms with Crippen molar-refractivity contribution >= 4 is 34.3 Å². The maximum Gasteiger partial charge on any atom is 0.412 e. The summed E-state index contributed by atoms with van der Waals surface area (Å²) in [5.74, 6) is -0.0860. The standard InChI is InChI=1S/C17H14ClFN4O2/c1-8-11(5-22-7-13(8)25-17(24)21-2)10-3-9-4-14(20)23-6-12(9)15(18)16(10)19/h3-7H,1-2H3,(H2,20,23)(H,21,24). The number of nitrogens with zero attached hydrogens (tertiary/aromatic N) is 2. The van der Waals surface area contributed by atoms with Gasteiger partial charge in [-0.05, 0) is 24.4 Å². The second-order valence-corrected chi connectivity index (χ2v) is 5.71. The minimum atomic E-state index is -0.641. The molecule has 3 rings (SSSR count). The summed E-state index contributed by atoms with van der Waals surface area (Å²) in [5.41, 5.74) is 6.94. The summed E-state index contributed by atoms with van der Waals surface area (Å²) in [6.07, 6.45) is 3.65. The smallest absolute Gasteiger partial charge is 0.408 e. The lowest BCUT2D eigenvalue weighted by Gasteiger charge is -2.13. The molecule has 0 fully saturated rings. The van der Waals surface area contributed by atoms with Crippen LogP contribution < -0.4 is 15.8 Å². The van der Waals surface area contributed by atoms with Crippen molar-refractivity contribution in [3.05, 3.63) is 47.1 Å². The number of nitrogen functional groups attached to an aromatic ring is 1. The summed E-state index contributed by atoms with van der Waals surface area (Å²) < 4.78 is 20.0. The van der Waals surface area contributed by atoms with Crippen molar-refractivity contribution in [2.24, 2.45) is 0 Å². The van der Waals surface area contributed by atoms with E-state index < -0.39 is 11.9 Å². The van der Waals surface area contributed by atoms with Crippen LogP contribution in [0.4, 0.5) is 15.0 Å². The van der Waals surface area contributed by atoms with Crippen LogP contribution in [0.15, 0.2) is 30.7 Å². The molecule has 6 nitrogen and oxygen atoms in total. The number of carbonyl (C=O) groups is 1. The molecule has 0 aliphatic rings. The number of pyridine rings is 2. The maximum absolute atomic E-state index is 14.8. The van der Waals surface area contributed by atoms with Crippen LogP contribution in [-0.2, 0) is 0 Å². The van der Waals surface area contributed by atoms with Gasteiger partial charge < -0.3 is 15.8 Å². The highest BCUT2D eigenvalue weighted by Crippen LogP contribution is 2.37. The fourth-order valence-electron chi connectivity index (χ4n) is 2.47. The molecular formula is C17H14ClFN4O2. The van der Waals surface area contributed by atoms with E-state index in [1.807, 2.05) is 0 Å². The van der Waals surface area contributed by atoms with E-state index in [9.17, 15) is 9.18 Å². The summed E-state index contributed by atoms with van der Waals surface area (Å²) in [6.45, 7) is 1.70. The molecular weight excluding hydrogens is 347 g/mol. The topological polar surface area (TPSA) is 90.1 Å². The highest BCUT2D eigenvalue weighted by molar-refractivity contribution is 6.36. The Bertz CT molecular complexity index is 994. The van der Waals surface area contributed by atoms with E-state index in [4.69, 9.17) is 22.1 Å². The number of benzene rings is 1. The zero-order valence-corrected chi connectivity index (χ0v) is 14.2. The molecule has 0 saturated heterocycles. The van der Waals surface area contributed by atoms with E-state index in [2.05, 4.69) is 15.3 Å². The van der Waals surface area contributed by atoms with Gasteiger partial charge in [0.15, 0.2) is 5.75 Å². The van der Waals surface area contributed by atoms with Gasteiger partial charge in [-0.25, -0.2) is 14.2 Å². The number of fused-ring (bicyclic) bond motifs is 1. The minimum absolute atomic E-state index is 0.0583. The fraction of sp³-hybridized carbons (Fsp3) is 0.118. The highest BCUT2D eigenvalue weighted by atomic mass is 35.5. The predicted molar refractivity (Wildman–Crippen MR) is 94.2 cm³/mol. The first-order chi connectivity index (χ1) is 11.9. The van der Waals surface area contributed by atoms with Crippen LogP contribution in [0.25, 0.3) is 21.9 Å². The van der Waals surface area contributed by atoms with Crippen molar-refractivity contribution in [2.45, 2.75) is 6.92 Å². The molecule has 0 unspecified atom stereocenters. The molecule has 0 atom stereocenters. The van der Waals surface area contributed by atoms with Crippen molar-refractivity contribution in [1.82, 2.24) is 15.3 Å². The Morgan fingerprint density at radius 3 is 2.76 bits per heavy atom. The lowest BCUT2D eigenvalue weighted by Crippen LogP contribution is -2.22. The van der Waals surface area contributed by atoms with E-state index >= 15 is 0 Å². The Morgan fingerprint density at radius 1 is 1.28 bits per heavy atom. The first kappa shape index (κ1) is 16.9. The number of nitrogens with two attached hydrogens (primary N) is 1. The Morgan fingerprint density at radius 2 is 2.04 bits per heavy atom. The second-order valence-electron chi connectivity index (χ2n) is 5.33. The SMILES string of the molecule is CNC(=O)Oc1cncc(-c2cc3cc(N)ncc3c(Cl)c2F)c1C. The normalized spacial score (nSPS) is 10.7. The number of anilines is 1. The molecule has 0 aliphatic heterocycles. The van der Waals surface area contributed by atoms with Crippen molar-refractivity contribution < 1.29 is 13.9 Å². The van der Waals surface area contributed by atoms with Crippen LogP contribution in [0.3, 0.4) is 0 Å². The molecule has 25 heavy (non-hydrogen) atoms. The Balaban J connectivity index is 2.21. The average molecular weight is 361 g/mol. The predicted octanol–water partition coefficient (Wildman–Crippen LogP) is 3.70. The van der Waals surface area contributed by atoms with Gasteiger partial charge in [-0.15, -0.1) is 0 Å². The second kappa shape index (κ2) is 6.52. The summed E-state index contributed by atoms with van der Waals surface area (Å²) in [7, 11) is 1.44. The van der Waals surface area contributed by atoms with Crippen LogP contribution >= 0.6 is 11.6 Å². The highest BCUT2D eigenvalue weighted by Gasteiger charge is 2.18. The van der Waals surface area contributed by atoms with Crippen LogP contribution in [-0.4, -0.2) is 23.1 Å². The fourth-order valence-corrected chi connectivity index (χ4v) is 2.73. The Kier molecular flexibility index (Phi) is 4.41. The largest absolute Gasteiger partial charge is 0.412 e. The molecule has 0 spiro atoms.